The zero-order valence-corrected chi connectivity index (χ0v) is 15.4. The predicted molar refractivity (Wildman–Crippen MR) is 95.9 cm³/mol. The molecule has 1 aromatic carbocycles. The molecule has 2 aromatic rings. The number of amides is 2. The quantitative estimate of drug-likeness (QED) is 0.633. The highest BCUT2D eigenvalue weighted by atomic mass is 35.5. The van der Waals surface area contributed by atoms with Crippen molar-refractivity contribution in [1.29, 1.82) is 0 Å². The van der Waals surface area contributed by atoms with Crippen LogP contribution in [0.4, 0.5) is 23.7 Å². The Morgan fingerprint density at radius 2 is 2.00 bits per heavy atom. The second-order valence-corrected chi connectivity index (χ2v) is 7.41. The van der Waals surface area contributed by atoms with Crippen molar-refractivity contribution in [2.24, 2.45) is 0 Å². The molecule has 3 heterocycles. The molecule has 1 N–H and O–H groups in total. The number of urea groups is 1. The maximum atomic E-state index is 14.1. The summed E-state index contributed by atoms with van der Waals surface area (Å²) in [4.78, 5) is 18.2. The van der Waals surface area contributed by atoms with Crippen LogP contribution in [-0.2, 0) is 6.42 Å². The average Bonchev–Trinajstić information content (AvgIpc) is 2.94. The summed E-state index contributed by atoms with van der Waals surface area (Å²) in [5.41, 5.74) is 0.895. The van der Waals surface area contributed by atoms with Crippen molar-refractivity contribution in [3.8, 4) is 0 Å². The molecule has 0 spiro atoms. The van der Waals surface area contributed by atoms with E-state index in [0.29, 0.717) is 30.4 Å². The van der Waals surface area contributed by atoms with E-state index < -0.39 is 18.3 Å². The topological polar surface area (TPSA) is 45.2 Å². The number of alkyl halides is 2. The number of fused-ring (bicyclic) bond motifs is 4. The lowest BCUT2D eigenvalue weighted by molar-refractivity contribution is 0.141. The summed E-state index contributed by atoms with van der Waals surface area (Å²) in [5, 5.41) is 2.69. The minimum atomic E-state index is -2.66. The highest BCUT2D eigenvalue weighted by molar-refractivity contribution is 6.42. The van der Waals surface area contributed by atoms with E-state index in [0.717, 1.165) is 6.07 Å². The van der Waals surface area contributed by atoms with E-state index in [1.807, 2.05) is 0 Å². The molecular formula is C18H14Cl2F3N3O. The number of nitrogens with zero attached hydrogens (tertiary/aromatic N) is 2. The van der Waals surface area contributed by atoms with Gasteiger partial charge < -0.3 is 10.2 Å². The molecular weight excluding hydrogens is 402 g/mol. The number of benzene rings is 1. The number of pyridine rings is 1. The number of carbonyl (C=O) groups is 1. The molecule has 0 radical (unpaired) electrons. The monoisotopic (exact) mass is 415 g/mol. The van der Waals surface area contributed by atoms with Gasteiger partial charge in [-0.1, -0.05) is 23.2 Å². The van der Waals surface area contributed by atoms with Crippen LogP contribution in [0.5, 0.6) is 0 Å². The van der Waals surface area contributed by atoms with Gasteiger partial charge in [0.25, 0.3) is 6.43 Å². The lowest BCUT2D eigenvalue weighted by atomic mass is 9.92. The van der Waals surface area contributed by atoms with Crippen molar-refractivity contribution in [1.82, 2.24) is 9.88 Å². The highest BCUT2D eigenvalue weighted by Crippen LogP contribution is 2.45. The molecule has 9 heteroatoms. The summed E-state index contributed by atoms with van der Waals surface area (Å²) >= 11 is 11.7. The summed E-state index contributed by atoms with van der Waals surface area (Å²) in [6.45, 7) is 0. The summed E-state index contributed by atoms with van der Waals surface area (Å²) < 4.78 is 40.6. The predicted octanol–water partition coefficient (Wildman–Crippen LogP) is 5.76. The van der Waals surface area contributed by atoms with Crippen LogP contribution in [0.3, 0.4) is 0 Å². The van der Waals surface area contributed by atoms with E-state index in [1.165, 1.54) is 12.3 Å². The van der Waals surface area contributed by atoms with Crippen LogP contribution >= 0.6 is 23.2 Å². The normalized spacial score (nSPS) is 20.7. The van der Waals surface area contributed by atoms with E-state index >= 15 is 0 Å². The second-order valence-electron chi connectivity index (χ2n) is 6.60. The minimum absolute atomic E-state index is 0.0474. The smallest absolute Gasteiger partial charge is 0.314 e. The number of aromatic nitrogens is 1. The number of rotatable bonds is 2. The third-order valence-corrected chi connectivity index (χ3v) is 5.84. The van der Waals surface area contributed by atoms with Gasteiger partial charge in [-0.2, -0.15) is 0 Å². The Morgan fingerprint density at radius 1 is 1.26 bits per heavy atom. The average molecular weight is 416 g/mol. The number of anilines is 1. The van der Waals surface area contributed by atoms with Crippen molar-refractivity contribution in [3.05, 3.63) is 57.1 Å². The first-order chi connectivity index (χ1) is 12.9. The molecule has 2 bridgehead atoms. The van der Waals surface area contributed by atoms with E-state index in [4.69, 9.17) is 23.2 Å². The zero-order valence-electron chi connectivity index (χ0n) is 13.9. The van der Waals surface area contributed by atoms with Crippen molar-refractivity contribution < 1.29 is 18.0 Å². The van der Waals surface area contributed by atoms with Gasteiger partial charge in [-0.15, -0.1) is 0 Å². The van der Waals surface area contributed by atoms with Crippen LogP contribution in [0.25, 0.3) is 0 Å². The fourth-order valence-electron chi connectivity index (χ4n) is 3.98. The van der Waals surface area contributed by atoms with Crippen LogP contribution in [-0.4, -0.2) is 22.0 Å². The molecule has 0 saturated carbocycles. The number of nitrogens with one attached hydrogen (secondary N) is 1. The van der Waals surface area contributed by atoms with Crippen molar-refractivity contribution in [2.45, 2.75) is 37.8 Å². The third-order valence-electron chi connectivity index (χ3n) is 5.12. The van der Waals surface area contributed by atoms with Crippen LogP contribution in [0.2, 0.25) is 10.0 Å². The Kier molecular flexibility index (Phi) is 4.68. The molecule has 0 unspecified atom stereocenters. The fraction of sp³-hybridized carbons (Fsp3) is 0.333. The Morgan fingerprint density at radius 3 is 2.74 bits per heavy atom. The van der Waals surface area contributed by atoms with Crippen LogP contribution in [0.15, 0.2) is 24.4 Å². The van der Waals surface area contributed by atoms with Gasteiger partial charge in [0.05, 0.1) is 21.8 Å². The van der Waals surface area contributed by atoms with Crippen molar-refractivity contribution in [2.75, 3.05) is 5.32 Å². The molecule has 27 heavy (non-hydrogen) atoms. The minimum Gasteiger partial charge on any atom is -0.314 e. The maximum absolute atomic E-state index is 14.1. The molecule has 1 aromatic heterocycles. The van der Waals surface area contributed by atoms with Gasteiger partial charge in [0.2, 0.25) is 0 Å². The molecule has 142 valence electrons. The standard InChI is InChI=1S/C18H14Cl2F3N3O/c19-11-6-13(21)14(7-12(11)20)25-18(27)26-8-1-2-15(26)9-3-4-24-16(17(22)23)10(9)5-8/h3-4,6-8,15,17H,1-2,5H2,(H,25,27)/t8-,15+/m0/s1. The van der Waals surface area contributed by atoms with E-state index in [9.17, 15) is 18.0 Å². The first kappa shape index (κ1) is 18.4. The molecule has 2 amide bonds. The lowest BCUT2D eigenvalue weighted by Gasteiger charge is -2.37. The van der Waals surface area contributed by atoms with E-state index in [1.54, 1.807) is 11.0 Å². The molecule has 4 rings (SSSR count). The molecule has 2 aliphatic rings. The van der Waals surface area contributed by atoms with Crippen LogP contribution < -0.4 is 5.32 Å². The number of halogens is 5. The van der Waals surface area contributed by atoms with Gasteiger partial charge in [-0.3, -0.25) is 4.98 Å². The molecule has 2 aliphatic heterocycles. The SMILES string of the molecule is O=C(Nc1cc(Cl)c(Cl)cc1F)N1[C@H]2CC[C@@H]1c1ccnc(C(F)F)c1C2. The van der Waals surface area contributed by atoms with Gasteiger partial charge in [0, 0.05) is 12.2 Å². The Balaban J connectivity index is 1.64. The number of carbonyl (C=O) groups excluding carboxylic acids is 1. The Hall–Kier alpha value is -1.99. The molecule has 1 fully saturated rings. The van der Waals surface area contributed by atoms with E-state index in [-0.39, 0.29) is 33.5 Å². The third kappa shape index (κ3) is 3.12. The molecule has 0 aliphatic carbocycles. The summed E-state index contributed by atoms with van der Waals surface area (Å²) in [6.07, 6.45) is 0.315. The largest absolute Gasteiger partial charge is 0.322 e. The lowest BCUT2D eigenvalue weighted by Crippen LogP contribution is -2.44. The van der Waals surface area contributed by atoms with Gasteiger partial charge >= 0.3 is 6.03 Å². The van der Waals surface area contributed by atoms with E-state index in [2.05, 4.69) is 10.3 Å². The van der Waals surface area contributed by atoms with Crippen molar-refractivity contribution in [3.63, 3.8) is 0 Å². The Labute approximate surface area is 163 Å². The Bertz CT molecular complexity index is 925. The molecule has 1 saturated heterocycles. The fourth-order valence-corrected chi connectivity index (χ4v) is 4.29. The van der Waals surface area contributed by atoms with Gasteiger partial charge in [-0.05, 0) is 48.6 Å². The highest BCUT2D eigenvalue weighted by Gasteiger charge is 2.44. The second kappa shape index (κ2) is 6.87. The summed E-state index contributed by atoms with van der Waals surface area (Å²) in [6, 6.07) is 2.87. The number of hydrogen-bond acceptors (Lipinski definition) is 2. The molecule has 4 nitrogen and oxygen atoms in total. The maximum Gasteiger partial charge on any atom is 0.322 e. The zero-order chi connectivity index (χ0) is 19.3. The van der Waals surface area contributed by atoms with Gasteiger partial charge in [0.1, 0.15) is 11.5 Å². The van der Waals surface area contributed by atoms with Crippen molar-refractivity contribution >= 4 is 34.9 Å². The van der Waals surface area contributed by atoms with Gasteiger partial charge in [-0.25, -0.2) is 18.0 Å². The summed E-state index contributed by atoms with van der Waals surface area (Å²) in [5.74, 6) is -0.702. The molecule has 2 atom stereocenters. The summed E-state index contributed by atoms with van der Waals surface area (Å²) in [7, 11) is 0. The van der Waals surface area contributed by atoms with Gasteiger partial charge in [0.15, 0.2) is 0 Å². The first-order valence-corrected chi connectivity index (χ1v) is 9.12. The van der Waals surface area contributed by atoms with Crippen LogP contribution in [0, 0.1) is 5.82 Å². The first-order valence-electron chi connectivity index (χ1n) is 8.36. The number of hydrogen-bond donors (Lipinski definition) is 1. The van der Waals surface area contributed by atoms with Crippen LogP contribution in [0.1, 0.15) is 42.1 Å².